The highest BCUT2D eigenvalue weighted by atomic mass is 79.9. The van der Waals surface area contributed by atoms with Crippen molar-refractivity contribution in [1.29, 1.82) is 0 Å². The number of alkyl halides is 1. The Morgan fingerprint density at radius 3 is 2.83 bits per heavy atom. The highest BCUT2D eigenvalue weighted by molar-refractivity contribution is 9.10. The fourth-order valence-electron chi connectivity index (χ4n) is 0.814. The quantitative estimate of drug-likeness (QED) is 0.705. The Bertz CT molecular complexity index is 295. The first-order valence-electron chi connectivity index (χ1n) is 3.41. The van der Waals surface area contributed by atoms with Crippen LogP contribution in [0.1, 0.15) is 5.56 Å². The summed E-state index contributed by atoms with van der Waals surface area (Å²) < 4.78 is 1.06. The molecule has 0 unspecified atom stereocenters. The van der Waals surface area contributed by atoms with Gasteiger partial charge in [0.05, 0.1) is 0 Å². The van der Waals surface area contributed by atoms with Crippen molar-refractivity contribution in [1.82, 2.24) is 0 Å². The van der Waals surface area contributed by atoms with E-state index in [9.17, 15) is 0 Å². The first-order valence-corrected chi connectivity index (χ1v) is 5.71. The minimum absolute atomic E-state index is 0.757. The van der Waals surface area contributed by atoms with Gasteiger partial charge in [0.15, 0.2) is 0 Å². The lowest BCUT2D eigenvalue weighted by Crippen LogP contribution is -1.75. The second kappa shape index (κ2) is 5.05. The Morgan fingerprint density at radius 2 is 2.17 bits per heavy atom. The van der Waals surface area contributed by atoms with Gasteiger partial charge in [0.25, 0.3) is 0 Å². The lowest BCUT2D eigenvalue weighted by Gasteiger charge is -1.97. The Balaban J connectivity index is 2.97. The fraction of sp³-hybridized carbons (Fsp3) is 0.111. The molecule has 0 aromatic heterocycles. The highest BCUT2D eigenvalue weighted by Gasteiger charge is 1.95. The maximum absolute atomic E-state index is 5.83. The van der Waals surface area contributed by atoms with E-state index in [0.29, 0.717) is 0 Å². The Hall–Kier alpha value is 0.210. The van der Waals surface area contributed by atoms with E-state index in [4.69, 9.17) is 11.6 Å². The lowest BCUT2D eigenvalue weighted by atomic mass is 10.2. The van der Waals surface area contributed by atoms with E-state index in [1.165, 1.54) is 0 Å². The van der Waals surface area contributed by atoms with Crippen molar-refractivity contribution in [3.05, 3.63) is 39.3 Å². The standard InChI is InChI=1S/C9H7Br2Cl/c10-5-1-2-7-6-8(12)3-4-9(7)11/h1-4,6H,5H2. The summed E-state index contributed by atoms with van der Waals surface area (Å²) in [5.41, 5.74) is 1.10. The van der Waals surface area contributed by atoms with Crippen molar-refractivity contribution < 1.29 is 0 Å². The summed E-state index contributed by atoms with van der Waals surface area (Å²) in [6.07, 6.45) is 4.04. The van der Waals surface area contributed by atoms with Gasteiger partial charge in [-0.15, -0.1) is 0 Å². The summed E-state index contributed by atoms with van der Waals surface area (Å²) in [4.78, 5) is 0. The molecule has 0 fully saturated rings. The third kappa shape index (κ3) is 2.92. The monoisotopic (exact) mass is 308 g/mol. The molecule has 0 aliphatic carbocycles. The van der Waals surface area contributed by atoms with Crippen LogP contribution >= 0.6 is 43.5 Å². The third-order valence-electron chi connectivity index (χ3n) is 1.34. The van der Waals surface area contributed by atoms with Gasteiger partial charge in [-0.25, -0.2) is 0 Å². The predicted octanol–water partition coefficient (Wildman–Crippen LogP) is 4.51. The van der Waals surface area contributed by atoms with Crippen molar-refractivity contribution in [3.63, 3.8) is 0 Å². The van der Waals surface area contributed by atoms with Crippen LogP contribution in [0.2, 0.25) is 5.02 Å². The molecule has 0 heterocycles. The van der Waals surface area contributed by atoms with Crippen molar-refractivity contribution in [2.24, 2.45) is 0 Å². The molecule has 0 spiro atoms. The first-order chi connectivity index (χ1) is 5.74. The van der Waals surface area contributed by atoms with Gasteiger partial charge in [0.1, 0.15) is 0 Å². The van der Waals surface area contributed by atoms with Crippen LogP contribution in [0.15, 0.2) is 28.7 Å². The van der Waals surface area contributed by atoms with Gasteiger partial charge in [-0.05, 0) is 23.8 Å². The zero-order valence-electron chi connectivity index (χ0n) is 6.23. The lowest BCUT2D eigenvalue weighted by molar-refractivity contribution is 1.59. The molecule has 0 nitrogen and oxygen atoms in total. The topological polar surface area (TPSA) is 0 Å². The van der Waals surface area contributed by atoms with Crippen molar-refractivity contribution in [2.45, 2.75) is 0 Å². The van der Waals surface area contributed by atoms with Gasteiger partial charge in [-0.3, -0.25) is 0 Å². The first kappa shape index (κ1) is 10.3. The number of halogens is 3. The Labute approximate surface area is 93.9 Å². The van der Waals surface area contributed by atoms with Crippen LogP contribution in [-0.4, -0.2) is 5.33 Å². The molecular weight excluding hydrogens is 303 g/mol. The minimum Gasteiger partial charge on any atom is -0.0883 e. The van der Waals surface area contributed by atoms with E-state index in [1.807, 2.05) is 30.4 Å². The van der Waals surface area contributed by atoms with Crippen LogP contribution in [0.3, 0.4) is 0 Å². The summed E-state index contributed by atoms with van der Waals surface area (Å²) in [5.74, 6) is 0. The summed E-state index contributed by atoms with van der Waals surface area (Å²) in [6, 6.07) is 5.72. The van der Waals surface area contributed by atoms with Crippen LogP contribution in [0.4, 0.5) is 0 Å². The van der Waals surface area contributed by atoms with E-state index in [1.54, 1.807) is 0 Å². The molecule has 64 valence electrons. The minimum atomic E-state index is 0.757. The van der Waals surface area contributed by atoms with Gasteiger partial charge in [0, 0.05) is 14.8 Å². The average molecular weight is 310 g/mol. The molecule has 0 radical (unpaired) electrons. The maximum Gasteiger partial charge on any atom is 0.0412 e. The zero-order valence-corrected chi connectivity index (χ0v) is 10.2. The molecule has 3 heteroatoms. The van der Waals surface area contributed by atoms with Crippen LogP contribution in [-0.2, 0) is 0 Å². The molecule has 1 aromatic carbocycles. The normalized spacial score (nSPS) is 10.9. The van der Waals surface area contributed by atoms with Gasteiger partial charge in [0.2, 0.25) is 0 Å². The molecule has 0 atom stereocenters. The molecular formula is C9H7Br2Cl. The number of rotatable bonds is 2. The molecule has 1 aromatic rings. The molecule has 0 saturated heterocycles. The number of hydrogen-bond donors (Lipinski definition) is 0. The molecule has 0 saturated carbocycles. The van der Waals surface area contributed by atoms with E-state index >= 15 is 0 Å². The van der Waals surface area contributed by atoms with Crippen LogP contribution in [0.25, 0.3) is 6.08 Å². The van der Waals surface area contributed by atoms with Gasteiger partial charge in [-0.1, -0.05) is 55.6 Å². The van der Waals surface area contributed by atoms with E-state index < -0.39 is 0 Å². The van der Waals surface area contributed by atoms with Gasteiger partial charge in [-0.2, -0.15) is 0 Å². The second-order valence-corrected chi connectivity index (χ2v) is 4.16. The predicted molar refractivity (Wildman–Crippen MR) is 62.0 cm³/mol. The number of benzene rings is 1. The maximum atomic E-state index is 5.83. The highest BCUT2D eigenvalue weighted by Crippen LogP contribution is 2.22. The fourth-order valence-corrected chi connectivity index (χ4v) is 1.56. The summed E-state index contributed by atoms with van der Waals surface area (Å²) in [5, 5.41) is 1.61. The number of allylic oxidation sites excluding steroid dienone is 1. The van der Waals surface area contributed by atoms with Crippen LogP contribution in [0, 0.1) is 0 Å². The molecule has 0 aliphatic rings. The van der Waals surface area contributed by atoms with E-state index in [2.05, 4.69) is 31.9 Å². The summed E-state index contributed by atoms with van der Waals surface area (Å²) >= 11 is 12.6. The van der Waals surface area contributed by atoms with Gasteiger partial charge >= 0.3 is 0 Å². The van der Waals surface area contributed by atoms with Crippen LogP contribution < -0.4 is 0 Å². The molecule has 1 rings (SSSR count). The molecule has 0 N–H and O–H groups in total. The largest absolute Gasteiger partial charge is 0.0883 e. The summed E-state index contributed by atoms with van der Waals surface area (Å²) in [7, 11) is 0. The second-order valence-electron chi connectivity index (χ2n) is 2.22. The van der Waals surface area contributed by atoms with Gasteiger partial charge < -0.3 is 0 Å². The smallest absolute Gasteiger partial charge is 0.0412 e. The summed E-state index contributed by atoms with van der Waals surface area (Å²) in [6.45, 7) is 0. The number of hydrogen-bond acceptors (Lipinski definition) is 0. The molecule has 0 bridgehead atoms. The van der Waals surface area contributed by atoms with E-state index in [0.717, 1.165) is 20.4 Å². The van der Waals surface area contributed by atoms with Crippen molar-refractivity contribution in [2.75, 3.05) is 5.33 Å². The molecule has 0 amide bonds. The third-order valence-corrected chi connectivity index (χ3v) is 2.68. The average Bonchev–Trinajstić information content (AvgIpc) is 2.07. The van der Waals surface area contributed by atoms with E-state index in [-0.39, 0.29) is 0 Å². The van der Waals surface area contributed by atoms with Crippen molar-refractivity contribution >= 4 is 49.5 Å². The van der Waals surface area contributed by atoms with Crippen LogP contribution in [0.5, 0.6) is 0 Å². The Kier molecular flexibility index (Phi) is 4.33. The Morgan fingerprint density at radius 1 is 1.42 bits per heavy atom. The van der Waals surface area contributed by atoms with Crippen molar-refractivity contribution in [3.8, 4) is 0 Å². The SMILES string of the molecule is Clc1ccc(Br)c(C=CCBr)c1. The molecule has 12 heavy (non-hydrogen) atoms. The zero-order chi connectivity index (χ0) is 8.97. The molecule has 0 aliphatic heterocycles.